The smallest absolute Gasteiger partial charge is 0.101 e. The minimum Gasteiger partial charge on any atom is -0.395 e. The van der Waals surface area contributed by atoms with Gasteiger partial charge in [-0.3, -0.25) is 14.8 Å². The van der Waals surface area contributed by atoms with Crippen molar-refractivity contribution in [1.29, 1.82) is 0 Å². The maximum absolute atomic E-state index is 8.97. The lowest BCUT2D eigenvalue weighted by Gasteiger charge is -2.21. The van der Waals surface area contributed by atoms with Crippen molar-refractivity contribution < 1.29 is 5.11 Å². The van der Waals surface area contributed by atoms with E-state index in [1.54, 1.807) is 0 Å². The number of rotatable bonds is 4. The predicted molar refractivity (Wildman–Crippen MR) is 80.4 cm³/mol. The number of pyridine rings is 1. The van der Waals surface area contributed by atoms with Crippen LogP contribution < -0.4 is 0 Å². The standard InChI is InChI=1S/C13H20IN3O/c14-13-3-2-12(10-15-13)11-17-5-1-4-16(6-7-17)8-9-18/h2-3,10,18H,1,4-9,11H2. The van der Waals surface area contributed by atoms with Crippen LogP contribution in [0.1, 0.15) is 12.0 Å². The molecule has 0 aromatic carbocycles. The molecule has 1 aliphatic rings. The summed E-state index contributed by atoms with van der Waals surface area (Å²) in [5, 5.41) is 8.97. The van der Waals surface area contributed by atoms with E-state index >= 15 is 0 Å². The van der Waals surface area contributed by atoms with Gasteiger partial charge in [-0.15, -0.1) is 0 Å². The Morgan fingerprint density at radius 1 is 1.17 bits per heavy atom. The molecule has 0 spiro atoms. The fraction of sp³-hybridized carbons (Fsp3) is 0.615. The zero-order chi connectivity index (χ0) is 12.8. The first-order valence-electron chi connectivity index (χ1n) is 6.44. The highest BCUT2D eigenvalue weighted by atomic mass is 127. The number of hydrogen-bond donors (Lipinski definition) is 1. The van der Waals surface area contributed by atoms with E-state index in [0.717, 1.165) is 43.0 Å². The molecule has 18 heavy (non-hydrogen) atoms. The molecule has 1 aromatic heterocycles. The van der Waals surface area contributed by atoms with Crippen LogP contribution >= 0.6 is 22.6 Å². The Kier molecular flexibility index (Phi) is 5.81. The quantitative estimate of drug-likeness (QED) is 0.646. The monoisotopic (exact) mass is 361 g/mol. The number of aliphatic hydroxyl groups is 1. The van der Waals surface area contributed by atoms with Gasteiger partial charge in [0.15, 0.2) is 0 Å². The van der Waals surface area contributed by atoms with Gasteiger partial charge in [-0.2, -0.15) is 0 Å². The summed E-state index contributed by atoms with van der Waals surface area (Å²) in [4.78, 5) is 9.14. The molecule has 0 radical (unpaired) electrons. The third kappa shape index (κ3) is 4.46. The third-order valence-corrected chi connectivity index (χ3v) is 3.93. The fourth-order valence-electron chi connectivity index (χ4n) is 2.31. The molecule has 1 fully saturated rings. The van der Waals surface area contributed by atoms with Crippen molar-refractivity contribution >= 4 is 22.6 Å². The molecule has 1 N–H and O–H groups in total. The van der Waals surface area contributed by atoms with Gasteiger partial charge in [0.25, 0.3) is 0 Å². The van der Waals surface area contributed by atoms with Gasteiger partial charge < -0.3 is 5.11 Å². The second kappa shape index (κ2) is 7.37. The molecule has 1 aromatic rings. The Balaban J connectivity index is 1.84. The number of halogens is 1. The van der Waals surface area contributed by atoms with Crippen LogP contribution in [0, 0.1) is 3.70 Å². The summed E-state index contributed by atoms with van der Waals surface area (Å²) >= 11 is 2.23. The second-order valence-electron chi connectivity index (χ2n) is 4.68. The van der Waals surface area contributed by atoms with Crippen LogP contribution in [0.25, 0.3) is 0 Å². The zero-order valence-electron chi connectivity index (χ0n) is 10.6. The molecule has 4 nitrogen and oxygen atoms in total. The minimum absolute atomic E-state index is 0.265. The van der Waals surface area contributed by atoms with E-state index in [1.165, 1.54) is 12.0 Å². The van der Waals surface area contributed by atoms with E-state index in [1.807, 2.05) is 6.20 Å². The van der Waals surface area contributed by atoms with Gasteiger partial charge in [0, 0.05) is 32.4 Å². The van der Waals surface area contributed by atoms with E-state index in [0.29, 0.717) is 0 Å². The summed E-state index contributed by atoms with van der Waals surface area (Å²) in [7, 11) is 0. The Labute approximate surface area is 122 Å². The number of aliphatic hydroxyl groups excluding tert-OH is 1. The molecule has 100 valence electrons. The zero-order valence-corrected chi connectivity index (χ0v) is 12.7. The molecule has 0 bridgehead atoms. The third-order valence-electron chi connectivity index (χ3n) is 3.29. The summed E-state index contributed by atoms with van der Waals surface area (Å²) < 4.78 is 1.04. The van der Waals surface area contributed by atoms with Crippen LogP contribution in [-0.2, 0) is 6.54 Å². The van der Waals surface area contributed by atoms with Crippen LogP contribution in [-0.4, -0.2) is 59.2 Å². The van der Waals surface area contributed by atoms with E-state index in [9.17, 15) is 0 Å². The number of hydrogen-bond acceptors (Lipinski definition) is 4. The average Bonchev–Trinajstić information content (AvgIpc) is 2.59. The van der Waals surface area contributed by atoms with E-state index in [2.05, 4.69) is 49.5 Å². The molecule has 5 heteroatoms. The molecule has 1 aliphatic heterocycles. The lowest BCUT2D eigenvalue weighted by atomic mass is 10.2. The fourth-order valence-corrected chi connectivity index (χ4v) is 2.62. The van der Waals surface area contributed by atoms with Gasteiger partial charge in [0.2, 0.25) is 0 Å². The van der Waals surface area contributed by atoms with Crippen molar-refractivity contribution in [2.24, 2.45) is 0 Å². The molecule has 1 saturated heterocycles. The van der Waals surface area contributed by atoms with Gasteiger partial charge in [0.05, 0.1) is 6.61 Å². The molecular weight excluding hydrogens is 341 g/mol. The summed E-state index contributed by atoms with van der Waals surface area (Å²) in [6, 6.07) is 4.22. The molecule has 2 heterocycles. The van der Waals surface area contributed by atoms with E-state index < -0.39 is 0 Å². The Hall–Kier alpha value is -0.240. The van der Waals surface area contributed by atoms with Crippen LogP contribution in [0.3, 0.4) is 0 Å². The van der Waals surface area contributed by atoms with Crippen LogP contribution in [0.4, 0.5) is 0 Å². The SMILES string of the molecule is OCCN1CCCN(Cc2ccc(I)nc2)CC1. The van der Waals surface area contributed by atoms with Crippen molar-refractivity contribution in [3.63, 3.8) is 0 Å². The maximum atomic E-state index is 8.97. The highest BCUT2D eigenvalue weighted by Gasteiger charge is 2.14. The normalized spacial score (nSPS) is 18.8. The maximum Gasteiger partial charge on any atom is 0.101 e. The summed E-state index contributed by atoms with van der Waals surface area (Å²) in [5.74, 6) is 0. The average molecular weight is 361 g/mol. The first-order chi connectivity index (χ1) is 8.78. The topological polar surface area (TPSA) is 39.6 Å². The van der Waals surface area contributed by atoms with E-state index in [-0.39, 0.29) is 6.61 Å². The van der Waals surface area contributed by atoms with Crippen LogP contribution in [0.15, 0.2) is 18.3 Å². The van der Waals surface area contributed by atoms with Crippen molar-refractivity contribution in [1.82, 2.24) is 14.8 Å². The molecule has 0 aliphatic carbocycles. The first-order valence-corrected chi connectivity index (χ1v) is 7.52. The van der Waals surface area contributed by atoms with Crippen molar-refractivity contribution in [2.75, 3.05) is 39.3 Å². The molecular formula is C13H20IN3O. The second-order valence-corrected chi connectivity index (χ2v) is 5.79. The number of nitrogens with zero attached hydrogens (tertiary/aromatic N) is 3. The Morgan fingerprint density at radius 2 is 1.94 bits per heavy atom. The first kappa shape index (κ1) is 14.2. The summed E-state index contributed by atoms with van der Waals surface area (Å²) in [5.41, 5.74) is 1.28. The Morgan fingerprint density at radius 3 is 2.67 bits per heavy atom. The minimum atomic E-state index is 0.265. The highest BCUT2D eigenvalue weighted by Crippen LogP contribution is 2.09. The van der Waals surface area contributed by atoms with Gasteiger partial charge in [0.1, 0.15) is 3.70 Å². The highest BCUT2D eigenvalue weighted by molar-refractivity contribution is 14.1. The lowest BCUT2D eigenvalue weighted by molar-refractivity contribution is 0.196. The van der Waals surface area contributed by atoms with Gasteiger partial charge in [-0.1, -0.05) is 6.07 Å². The largest absolute Gasteiger partial charge is 0.395 e. The Bertz CT molecular complexity index is 358. The van der Waals surface area contributed by atoms with Crippen molar-refractivity contribution in [3.05, 3.63) is 27.6 Å². The summed E-state index contributed by atoms with van der Waals surface area (Å²) in [6.07, 6.45) is 3.15. The molecule has 0 amide bonds. The molecule has 2 rings (SSSR count). The van der Waals surface area contributed by atoms with E-state index in [4.69, 9.17) is 5.11 Å². The predicted octanol–water partition coefficient (Wildman–Crippen LogP) is 1.19. The van der Waals surface area contributed by atoms with Crippen molar-refractivity contribution in [3.8, 4) is 0 Å². The molecule has 0 atom stereocenters. The van der Waals surface area contributed by atoms with Crippen LogP contribution in [0.5, 0.6) is 0 Å². The molecule has 0 unspecified atom stereocenters. The van der Waals surface area contributed by atoms with Crippen molar-refractivity contribution in [2.45, 2.75) is 13.0 Å². The lowest BCUT2D eigenvalue weighted by Crippen LogP contribution is -2.32. The van der Waals surface area contributed by atoms with Gasteiger partial charge in [-0.25, -0.2) is 0 Å². The summed E-state index contributed by atoms with van der Waals surface area (Å²) in [6.45, 7) is 6.41. The van der Waals surface area contributed by atoms with Gasteiger partial charge in [-0.05, 0) is 53.7 Å². The van der Waals surface area contributed by atoms with Gasteiger partial charge >= 0.3 is 0 Å². The number of β-amino-alcohol motifs (C(OH)–C–C–N with tert-alkyl or cyclic N) is 1. The number of aromatic nitrogens is 1. The van der Waals surface area contributed by atoms with Crippen LogP contribution in [0.2, 0.25) is 0 Å². The molecule has 0 saturated carbocycles.